The van der Waals surface area contributed by atoms with Crippen LogP contribution in [-0.4, -0.2) is 49.3 Å². The summed E-state index contributed by atoms with van der Waals surface area (Å²) in [4.78, 5) is 2.49. The summed E-state index contributed by atoms with van der Waals surface area (Å²) in [6.07, 6.45) is 8.00. The maximum absolute atomic E-state index is 9.16. The lowest BCUT2D eigenvalue weighted by Crippen LogP contribution is -2.42. The molecule has 0 aliphatic heterocycles. The summed E-state index contributed by atoms with van der Waals surface area (Å²) in [5, 5.41) is 12.7. The summed E-state index contributed by atoms with van der Waals surface area (Å²) >= 11 is 0. The van der Waals surface area contributed by atoms with Crippen molar-refractivity contribution < 1.29 is 5.11 Å². The molecule has 2 rings (SSSR count). The van der Waals surface area contributed by atoms with Gasteiger partial charge in [0.15, 0.2) is 0 Å². The van der Waals surface area contributed by atoms with E-state index in [1.54, 1.807) is 0 Å². The van der Waals surface area contributed by atoms with Crippen LogP contribution < -0.4 is 5.32 Å². The predicted octanol–water partition coefficient (Wildman–Crippen LogP) is 2.10. The summed E-state index contributed by atoms with van der Waals surface area (Å²) in [5.74, 6) is 3.02. The van der Waals surface area contributed by atoms with Gasteiger partial charge in [-0.05, 0) is 63.5 Å². The summed E-state index contributed by atoms with van der Waals surface area (Å²) in [5.41, 5.74) is 0. The molecule has 0 saturated heterocycles. The molecule has 0 amide bonds. The molecule has 2 bridgehead atoms. The summed E-state index contributed by atoms with van der Waals surface area (Å²) < 4.78 is 0. The van der Waals surface area contributed by atoms with Crippen molar-refractivity contribution >= 4 is 0 Å². The standard InChI is InChI=1S/C16H32N2O/c1-3-7-17-16(6-8-19)12-18(2)11-15-10-13-4-5-14(15)9-13/h13-17,19H,3-12H2,1-2H3. The fourth-order valence-electron chi connectivity index (χ4n) is 4.21. The molecule has 2 aliphatic rings. The topological polar surface area (TPSA) is 35.5 Å². The van der Waals surface area contributed by atoms with E-state index in [9.17, 15) is 0 Å². The molecule has 0 radical (unpaired) electrons. The number of nitrogens with one attached hydrogen (secondary N) is 1. The average molecular weight is 268 g/mol. The van der Waals surface area contributed by atoms with Crippen molar-refractivity contribution in [2.24, 2.45) is 17.8 Å². The Bertz CT molecular complexity index is 259. The summed E-state index contributed by atoms with van der Waals surface area (Å²) in [7, 11) is 2.25. The van der Waals surface area contributed by atoms with Crippen LogP contribution in [0.5, 0.6) is 0 Å². The van der Waals surface area contributed by atoms with Crippen molar-refractivity contribution in [2.75, 3.05) is 33.3 Å². The molecule has 4 atom stereocenters. The zero-order valence-corrected chi connectivity index (χ0v) is 12.8. The third-order valence-electron chi connectivity index (χ3n) is 5.12. The lowest BCUT2D eigenvalue weighted by molar-refractivity contribution is 0.188. The van der Waals surface area contributed by atoms with Gasteiger partial charge in [-0.1, -0.05) is 13.3 Å². The van der Waals surface area contributed by atoms with Crippen molar-refractivity contribution in [1.82, 2.24) is 10.2 Å². The van der Waals surface area contributed by atoms with E-state index < -0.39 is 0 Å². The molecular formula is C16H32N2O. The summed E-state index contributed by atoms with van der Waals surface area (Å²) in [6.45, 7) is 5.89. The fourth-order valence-corrected chi connectivity index (χ4v) is 4.21. The van der Waals surface area contributed by atoms with E-state index >= 15 is 0 Å². The first-order chi connectivity index (χ1) is 9.22. The molecule has 19 heavy (non-hydrogen) atoms. The van der Waals surface area contributed by atoms with Gasteiger partial charge in [0.1, 0.15) is 0 Å². The Morgan fingerprint density at radius 2 is 2.16 bits per heavy atom. The van der Waals surface area contributed by atoms with Crippen molar-refractivity contribution in [3.8, 4) is 0 Å². The van der Waals surface area contributed by atoms with Crippen LogP contribution >= 0.6 is 0 Å². The van der Waals surface area contributed by atoms with E-state index in [4.69, 9.17) is 5.11 Å². The molecule has 0 aromatic carbocycles. The van der Waals surface area contributed by atoms with Gasteiger partial charge in [0.25, 0.3) is 0 Å². The Morgan fingerprint density at radius 1 is 1.32 bits per heavy atom. The normalized spacial score (nSPS) is 31.3. The number of rotatable bonds is 9. The highest BCUT2D eigenvalue weighted by atomic mass is 16.3. The number of aliphatic hydroxyl groups excluding tert-OH is 1. The number of nitrogens with zero attached hydrogens (tertiary/aromatic N) is 1. The zero-order chi connectivity index (χ0) is 13.7. The average Bonchev–Trinajstić information content (AvgIpc) is 2.98. The van der Waals surface area contributed by atoms with E-state index in [0.717, 1.165) is 43.7 Å². The highest BCUT2D eigenvalue weighted by molar-refractivity contribution is 4.91. The smallest absolute Gasteiger partial charge is 0.0446 e. The molecule has 0 aromatic heterocycles. The third kappa shape index (κ3) is 4.44. The molecule has 0 heterocycles. The second-order valence-corrected chi connectivity index (χ2v) is 6.82. The van der Waals surface area contributed by atoms with Gasteiger partial charge in [-0.25, -0.2) is 0 Å². The Labute approximate surface area is 118 Å². The van der Waals surface area contributed by atoms with Crippen molar-refractivity contribution in [2.45, 2.75) is 51.5 Å². The van der Waals surface area contributed by atoms with Crippen LogP contribution in [0, 0.1) is 17.8 Å². The largest absolute Gasteiger partial charge is 0.396 e. The zero-order valence-electron chi connectivity index (χ0n) is 12.8. The van der Waals surface area contributed by atoms with Gasteiger partial charge in [0, 0.05) is 25.7 Å². The Kier molecular flexibility index (Phi) is 6.11. The Morgan fingerprint density at radius 3 is 2.74 bits per heavy atom. The Hall–Kier alpha value is -0.120. The molecule has 2 N–H and O–H groups in total. The molecule has 2 aliphatic carbocycles. The molecule has 2 fully saturated rings. The van der Waals surface area contributed by atoms with Gasteiger partial charge in [0.05, 0.1) is 0 Å². The van der Waals surface area contributed by atoms with Crippen LogP contribution in [0.3, 0.4) is 0 Å². The lowest BCUT2D eigenvalue weighted by Gasteiger charge is -2.30. The molecule has 2 saturated carbocycles. The number of hydrogen-bond acceptors (Lipinski definition) is 3. The highest BCUT2D eigenvalue weighted by Crippen LogP contribution is 2.48. The van der Waals surface area contributed by atoms with Crippen molar-refractivity contribution in [3.05, 3.63) is 0 Å². The first-order valence-electron chi connectivity index (χ1n) is 8.25. The fraction of sp³-hybridized carbons (Fsp3) is 1.00. The molecular weight excluding hydrogens is 236 g/mol. The van der Waals surface area contributed by atoms with Crippen LogP contribution in [-0.2, 0) is 0 Å². The second kappa shape index (κ2) is 7.61. The van der Waals surface area contributed by atoms with Gasteiger partial charge >= 0.3 is 0 Å². The number of hydrogen-bond donors (Lipinski definition) is 2. The first kappa shape index (κ1) is 15.3. The van der Waals surface area contributed by atoms with Crippen LogP contribution in [0.1, 0.15) is 45.4 Å². The molecule has 3 nitrogen and oxygen atoms in total. The van der Waals surface area contributed by atoms with E-state index in [0.29, 0.717) is 12.6 Å². The van der Waals surface area contributed by atoms with E-state index in [-0.39, 0.29) is 0 Å². The van der Waals surface area contributed by atoms with Gasteiger partial charge in [-0.3, -0.25) is 0 Å². The molecule has 4 unspecified atom stereocenters. The van der Waals surface area contributed by atoms with Crippen molar-refractivity contribution in [3.63, 3.8) is 0 Å². The van der Waals surface area contributed by atoms with Crippen LogP contribution in [0.15, 0.2) is 0 Å². The van der Waals surface area contributed by atoms with Gasteiger partial charge < -0.3 is 15.3 Å². The van der Waals surface area contributed by atoms with E-state index in [1.165, 1.54) is 32.2 Å². The number of likely N-dealkylation sites (N-methyl/N-ethyl adjacent to an activating group) is 1. The Balaban J connectivity index is 1.70. The van der Waals surface area contributed by atoms with Gasteiger partial charge in [-0.15, -0.1) is 0 Å². The van der Waals surface area contributed by atoms with Crippen molar-refractivity contribution in [1.29, 1.82) is 0 Å². The lowest BCUT2D eigenvalue weighted by atomic mass is 9.88. The van der Waals surface area contributed by atoms with Crippen LogP contribution in [0.2, 0.25) is 0 Å². The maximum Gasteiger partial charge on any atom is 0.0446 e. The first-order valence-corrected chi connectivity index (χ1v) is 8.25. The van der Waals surface area contributed by atoms with Crippen LogP contribution in [0.4, 0.5) is 0 Å². The van der Waals surface area contributed by atoms with Gasteiger partial charge in [-0.2, -0.15) is 0 Å². The minimum absolute atomic E-state index is 0.295. The maximum atomic E-state index is 9.16. The number of aliphatic hydroxyl groups is 1. The minimum atomic E-state index is 0.295. The third-order valence-corrected chi connectivity index (χ3v) is 5.12. The summed E-state index contributed by atoms with van der Waals surface area (Å²) in [6, 6.07) is 0.452. The monoisotopic (exact) mass is 268 g/mol. The minimum Gasteiger partial charge on any atom is -0.396 e. The van der Waals surface area contributed by atoms with E-state index in [2.05, 4.69) is 24.2 Å². The SMILES string of the molecule is CCCNC(CCO)CN(C)CC1CC2CCC1C2. The molecule has 0 spiro atoms. The van der Waals surface area contributed by atoms with E-state index in [1.807, 2.05) is 0 Å². The predicted molar refractivity (Wildman–Crippen MR) is 80.2 cm³/mol. The molecule has 112 valence electrons. The quantitative estimate of drug-likeness (QED) is 0.672. The highest BCUT2D eigenvalue weighted by Gasteiger charge is 2.39. The van der Waals surface area contributed by atoms with Gasteiger partial charge in [0.2, 0.25) is 0 Å². The molecule has 0 aromatic rings. The second-order valence-electron chi connectivity index (χ2n) is 6.82. The number of fused-ring (bicyclic) bond motifs is 2. The molecule has 3 heteroatoms. The van der Waals surface area contributed by atoms with Crippen LogP contribution in [0.25, 0.3) is 0 Å².